The number of carbonyl (C=O) groups excluding carboxylic acids is 9. The summed E-state index contributed by atoms with van der Waals surface area (Å²) < 4.78 is 155. The first-order chi connectivity index (χ1) is 45.1. The van der Waals surface area contributed by atoms with Crippen LogP contribution >= 0.6 is 0 Å². The van der Waals surface area contributed by atoms with Crippen molar-refractivity contribution in [3.63, 3.8) is 0 Å². The zero-order valence-electron chi connectivity index (χ0n) is 55.5. The molecule has 26 nitrogen and oxygen atoms in total. The molecule has 558 valence electrons. The number of nitrogens with two attached hydrogens (primary N) is 2. The van der Waals surface area contributed by atoms with Gasteiger partial charge in [0, 0.05) is 31.7 Å². The highest BCUT2D eigenvalue weighted by Crippen LogP contribution is 2.43. The highest BCUT2D eigenvalue weighted by molar-refractivity contribution is 6.33. The van der Waals surface area contributed by atoms with Gasteiger partial charge in [-0.05, 0) is 105 Å². The van der Waals surface area contributed by atoms with Crippen LogP contribution in [0.5, 0.6) is 0 Å². The zero-order valence-corrected chi connectivity index (χ0v) is 56.3. The van der Waals surface area contributed by atoms with E-state index >= 15 is 0 Å². The van der Waals surface area contributed by atoms with Gasteiger partial charge in [-0.1, -0.05) is 91.0 Å². The summed E-state index contributed by atoms with van der Waals surface area (Å²) in [7, 11) is 0. The smallest absolute Gasteiger partial charge is 0.445 e. The summed E-state index contributed by atoms with van der Waals surface area (Å²) in [6.07, 6.45) is -26.7. The standard InChI is InChI=1S/C20H26F3NO7.C19H24F3NO6.C18H23NO6.C6H11F3N2O2.ClH/c1-19(2,3)31-18(29)24(12-25)14(16(27)20(21,22)23)9-10-15(26)17(28)30-11-13-7-5-4-6-8-13;1-17(2,3)29-16(25)23-12-28-18(26,19(20,21)22)14(23)9-10-15(24)27-11-13-7-5-4-6-8-13;1-18(2,3)25-17(22)19-12-24-16(21)14(19)9-10-15(20)23-11-13-7-5-4-6-8-13;7-6(8,9)5(13)3(10)1-2-4(11)12;/h4-8,14,16,25,27H,9-12H2,1-3H3;4-8,14,26H,9-12H2,1-3H3;4-8,14H,9-12H2,1-3H3;3,5,13H,1-2,10H2,(H2,11,12);1H/p-1/t14-,16?;14-,18?;14-;3-,5?;/m0000./s1. The SMILES string of the molecule is CC(C)(C)OC(=O)N(CO)[C@@H](CCC(=O)C(=O)OCc1ccccc1)C(O)C(F)(F)F.CC(C)(C)OC(=O)N1COC(=O)[C@@H]1CCC(=O)OCc1ccccc1.CC(C)(C)OC(=O)N1COC(O)(C(F)(F)F)[C@@H]1CCC(=O)OCc1ccccc1.NC(=O)CC[C@H](N)C(O)C(F)(F)F.[Cl-]. The zero-order chi connectivity index (χ0) is 74.8. The minimum absolute atomic E-state index is 0. The Hall–Kier alpha value is -8.09. The molecule has 7 atom stereocenters. The van der Waals surface area contributed by atoms with Gasteiger partial charge in [-0.25, -0.2) is 24.0 Å². The van der Waals surface area contributed by atoms with E-state index in [1.807, 2.05) is 30.3 Å². The molecule has 3 aromatic carbocycles. The summed E-state index contributed by atoms with van der Waals surface area (Å²) in [6.45, 7) is 12.0. The van der Waals surface area contributed by atoms with Gasteiger partial charge in [-0.3, -0.25) is 33.9 Å². The van der Waals surface area contributed by atoms with Crippen molar-refractivity contribution >= 4 is 53.8 Å². The Morgan fingerprint density at radius 1 is 0.596 bits per heavy atom. The predicted molar refractivity (Wildman–Crippen MR) is 323 cm³/mol. The van der Waals surface area contributed by atoms with Gasteiger partial charge in [0.25, 0.3) is 5.79 Å². The third kappa shape index (κ3) is 32.6. The van der Waals surface area contributed by atoms with Gasteiger partial charge in [0.15, 0.2) is 18.9 Å². The first-order valence-electron chi connectivity index (χ1n) is 30.0. The van der Waals surface area contributed by atoms with Crippen LogP contribution in [0, 0.1) is 0 Å². The molecule has 8 N–H and O–H groups in total. The molecular formula is C63H84ClF9N5O21-. The fraction of sp³-hybridized carbons (Fsp3) is 0.571. The molecule has 5 rings (SSSR count). The molecule has 0 radical (unpaired) electrons. The predicted octanol–water partition coefficient (Wildman–Crippen LogP) is 5.05. The Morgan fingerprint density at radius 3 is 1.40 bits per heavy atom. The number of benzene rings is 3. The number of ether oxygens (including phenoxy) is 8. The lowest BCUT2D eigenvalue weighted by Gasteiger charge is -2.35. The van der Waals surface area contributed by atoms with Crippen molar-refractivity contribution < 1.29 is 153 Å². The average Bonchev–Trinajstić information content (AvgIpc) is 1.62. The summed E-state index contributed by atoms with van der Waals surface area (Å²) in [6, 6.07) is 20.2. The lowest BCUT2D eigenvalue weighted by atomic mass is 10.0. The molecule has 99 heavy (non-hydrogen) atoms. The first kappa shape index (κ1) is 88.9. The van der Waals surface area contributed by atoms with Crippen LogP contribution in [0.3, 0.4) is 0 Å². The molecule has 2 aliphatic rings. The number of ketones is 1. The summed E-state index contributed by atoms with van der Waals surface area (Å²) in [4.78, 5) is 108. The van der Waals surface area contributed by atoms with Crippen LogP contribution in [0.2, 0.25) is 0 Å². The van der Waals surface area contributed by atoms with Crippen LogP contribution in [-0.4, -0.2) is 187 Å². The van der Waals surface area contributed by atoms with Gasteiger partial charge >= 0.3 is 60.7 Å². The lowest BCUT2D eigenvalue weighted by molar-refractivity contribution is -0.354. The van der Waals surface area contributed by atoms with Gasteiger partial charge < -0.3 is 82.2 Å². The average molecular weight is 1450 g/mol. The molecule has 36 heteroatoms. The number of hydrogen-bond acceptors (Lipinski definition) is 22. The number of nitrogens with zero attached hydrogens (tertiary/aromatic N) is 3. The monoisotopic (exact) mass is 1450 g/mol. The number of carbonyl (C=O) groups is 9. The minimum atomic E-state index is -5.18. The summed E-state index contributed by atoms with van der Waals surface area (Å²) in [5, 5.41) is 37.8. The number of rotatable bonds is 23. The van der Waals surface area contributed by atoms with E-state index in [1.165, 1.54) is 25.7 Å². The van der Waals surface area contributed by atoms with Gasteiger partial charge in [0.1, 0.15) is 62.2 Å². The van der Waals surface area contributed by atoms with Crippen molar-refractivity contribution in [1.82, 2.24) is 14.7 Å². The number of primary amides is 1. The number of Topliss-reactive ketones (excluding diaryl/α,β-unsaturated/α-hetero) is 1. The van der Waals surface area contributed by atoms with Crippen molar-refractivity contribution in [2.45, 2.75) is 211 Å². The normalized spacial score (nSPS) is 17.4. The van der Waals surface area contributed by atoms with E-state index in [9.17, 15) is 98.0 Å². The number of amides is 4. The van der Waals surface area contributed by atoms with Crippen LogP contribution in [0.1, 0.15) is 130 Å². The number of halogens is 10. The molecule has 0 saturated carbocycles. The maximum Gasteiger partial charge on any atom is 0.445 e. The highest BCUT2D eigenvalue weighted by Gasteiger charge is 2.66. The lowest BCUT2D eigenvalue weighted by Crippen LogP contribution is -3.00. The molecule has 3 unspecified atom stereocenters. The summed E-state index contributed by atoms with van der Waals surface area (Å²) >= 11 is 0. The van der Waals surface area contributed by atoms with Crippen LogP contribution < -0.4 is 23.9 Å². The van der Waals surface area contributed by atoms with E-state index in [2.05, 4.69) is 4.74 Å². The Balaban J connectivity index is 0.000000681. The van der Waals surface area contributed by atoms with Crippen molar-refractivity contribution in [2.24, 2.45) is 11.5 Å². The van der Waals surface area contributed by atoms with Gasteiger partial charge in [-0.2, -0.15) is 39.5 Å². The number of cyclic esters (lactones) is 1. The van der Waals surface area contributed by atoms with Gasteiger partial charge in [0.2, 0.25) is 11.7 Å². The summed E-state index contributed by atoms with van der Waals surface area (Å²) in [5.41, 5.74) is 9.13. The third-order valence-corrected chi connectivity index (χ3v) is 13.1. The maximum absolute atomic E-state index is 13.4. The summed E-state index contributed by atoms with van der Waals surface area (Å²) in [5.74, 6) is -8.51. The third-order valence-electron chi connectivity index (χ3n) is 13.1. The molecule has 0 aliphatic carbocycles. The van der Waals surface area contributed by atoms with E-state index in [0.29, 0.717) is 16.0 Å². The van der Waals surface area contributed by atoms with Crippen molar-refractivity contribution in [2.75, 3.05) is 20.2 Å². The molecular weight excluding hydrogens is 1370 g/mol. The van der Waals surface area contributed by atoms with Crippen LogP contribution in [0.4, 0.5) is 53.9 Å². The molecule has 2 fully saturated rings. The Bertz CT molecular complexity index is 3050. The van der Waals surface area contributed by atoms with Crippen molar-refractivity contribution in [3.05, 3.63) is 108 Å². The second kappa shape index (κ2) is 39.6. The first-order valence-corrected chi connectivity index (χ1v) is 30.0. The maximum atomic E-state index is 13.4. The molecule has 0 bridgehead atoms. The molecule has 0 spiro atoms. The number of hydrogen-bond donors (Lipinski definition) is 6. The van der Waals surface area contributed by atoms with E-state index < -0.39 is 170 Å². The van der Waals surface area contributed by atoms with Crippen LogP contribution in [0.15, 0.2) is 91.0 Å². The molecule has 0 aromatic heterocycles. The molecule has 4 amide bonds. The van der Waals surface area contributed by atoms with E-state index in [0.717, 1.165) is 5.56 Å². The second-order valence-corrected chi connectivity index (χ2v) is 24.7. The van der Waals surface area contributed by atoms with Crippen LogP contribution in [0.25, 0.3) is 0 Å². The minimum Gasteiger partial charge on any atom is -1.00 e. The Morgan fingerprint density at radius 2 is 1.01 bits per heavy atom. The molecule has 3 aromatic rings. The number of esters is 4. The number of alkyl halides is 9. The Kier molecular flexibility index (Phi) is 35.6. The van der Waals surface area contributed by atoms with E-state index in [4.69, 9.17) is 49.7 Å². The van der Waals surface area contributed by atoms with Crippen molar-refractivity contribution in [3.8, 4) is 0 Å². The number of aliphatic hydroxyl groups is 4. The molecule has 2 saturated heterocycles. The quantitative estimate of drug-likeness (QED) is 0.0238. The molecule has 2 heterocycles. The van der Waals surface area contributed by atoms with Crippen LogP contribution in [-0.2, 0) is 86.5 Å². The fourth-order valence-corrected chi connectivity index (χ4v) is 8.25. The number of aliphatic hydroxyl groups excluding tert-OH is 3. The fourth-order valence-electron chi connectivity index (χ4n) is 8.25. The van der Waals surface area contributed by atoms with Gasteiger partial charge in [0.05, 0.1) is 6.04 Å². The van der Waals surface area contributed by atoms with E-state index in [-0.39, 0.29) is 69.5 Å². The largest absolute Gasteiger partial charge is 1.00 e. The topological polar surface area (TPSA) is 370 Å². The highest BCUT2D eigenvalue weighted by atomic mass is 35.5. The molecule has 2 aliphatic heterocycles. The van der Waals surface area contributed by atoms with E-state index in [1.54, 1.807) is 102 Å². The second-order valence-electron chi connectivity index (χ2n) is 24.7. The van der Waals surface area contributed by atoms with Gasteiger partial charge in [-0.15, -0.1) is 0 Å². The van der Waals surface area contributed by atoms with Crippen molar-refractivity contribution in [1.29, 1.82) is 0 Å². The Labute approximate surface area is 570 Å².